The Morgan fingerprint density at radius 1 is 1.38 bits per heavy atom. The maximum atomic E-state index is 13.5. The normalized spacial score (nSPS) is 10.8. The van der Waals surface area contributed by atoms with Crippen LogP contribution in [0.2, 0.25) is 5.28 Å². The van der Waals surface area contributed by atoms with Crippen molar-refractivity contribution in [2.24, 2.45) is 0 Å². The fourth-order valence-electron chi connectivity index (χ4n) is 2.49. The van der Waals surface area contributed by atoms with Crippen LogP contribution in [0.4, 0.5) is 10.2 Å². The summed E-state index contributed by atoms with van der Waals surface area (Å²) in [6.45, 7) is 0.801. The summed E-state index contributed by atoms with van der Waals surface area (Å²) in [5.41, 5.74) is 0.831. The first-order valence-electron chi connectivity index (χ1n) is 7.88. The van der Waals surface area contributed by atoms with Gasteiger partial charge in [-0.1, -0.05) is 0 Å². The number of carboxylic acids is 1. The van der Waals surface area contributed by atoms with Crippen LogP contribution in [0.5, 0.6) is 5.75 Å². The molecular weight excluding hydrogens is 363 g/mol. The van der Waals surface area contributed by atoms with Crippen molar-refractivity contribution in [1.29, 1.82) is 0 Å². The number of benzene rings is 1. The third-order valence-electron chi connectivity index (χ3n) is 3.65. The molecule has 0 saturated carbocycles. The number of hydrogen-bond acceptors (Lipinski definition) is 5. The van der Waals surface area contributed by atoms with Gasteiger partial charge in [-0.25, -0.2) is 9.37 Å². The minimum Gasteiger partial charge on any atom is -0.494 e. The van der Waals surface area contributed by atoms with E-state index in [1.165, 1.54) is 0 Å². The number of nitrogens with one attached hydrogen (secondary N) is 1. The van der Waals surface area contributed by atoms with Crippen molar-refractivity contribution in [2.45, 2.75) is 13.0 Å². The van der Waals surface area contributed by atoms with Gasteiger partial charge >= 0.3 is 5.97 Å². The summed E-state index contributed by atoms with van der Waals surface area (Å²) in [6.07, 6.45) is 3.37. The number of rotatable bonds is 8. The van der Waals surface area contributed by atoms with Gasteiger partial charge in [0.25, 0.3) is 0 Å². The minimum atomic E-state index is -0.892. The van der Waals surface area contributed by atoms with Crippen LogP contribution < -0.4 is 10.1 Å². The molecule has 0 aliphatic heterocycles. The van der Waals surface area contributed by atoms with Gasteiger partial charge in [0, 0.05) is 23.6 Å². The Bertz CT molecular complexity index is 932. The Morgan fingerprint density at radius 2 is 2.23 bits per heavy atom. The molecule has 136 valence electrons. The van der Waals surface area contributed by atoms with E-state index in [1.54, 1.807) is 16.8 Å². The third-order valence-corrected chi connectivity index (χ3v) is 3.83. The van der Waals surface area contributed by atoms with E-state index in [4.69, 9.17) is 21.4 Å². The smallest absolute Gasteiger partial charge is 0.323 e. The Morgan fingerprint density at radius 3 is 3.04 bits per heavy atom. The van der Waals surface area contributed by atoms with Gasteiger partial charge in [0.2, 0.25) is 5.28 Å². The number of aliphatic carboxylic acids is 1. The summed E-state index contributed by atoms with van der Waals surface area (Å²) in [5.74, 6) is -0.712. The molecule has 9 heteroatoms. The number of carbonyl (C=O) groups is 1. The molecule has 26 heavy (non-hydrogen) atoms. The van der Waals surface area contributed by atoms with E-state index >= 15 is 0 Å². The highest BCUT2D eigenvalue weighted by atomic mass is 35.5. The van der Waals surface area contributed by atoms with Crippen LogP contribution >= 0.6 is 11.6 Å². The first-order valence-corrected chi connectivity index (χ1v) is 8.26. The van der Waals surface area contributed by atoms with Crippen LogP contribution in [0.15, 0.2) is 36.7 Å². The van der Waals surface area contributed by atoms with Crippen molar-refractivity contribution in [1.82, 2.24) is 14.5 Å². The van der Waals surface area contributed by atoms with E-state index < -0.39 is 11.8 Å². The van der Waals surface area contributed by atoms with Crippen molar-refractivity contribution in [3.8, 4) is 5.75 Å². The van der Waals surface area contributed by atoms with E-state index in [-0.39, 0.29) is 17.6 Å². The highest BCUT2D eigenvalue weighted by Gasteiger charge is 2.07. The van der Waals surface area contributed by atoms with Gasteiger partial charge in [-0.05, 0) is 42.3 Å². The predicted molar refractivity (Wildman–Crippen MR) is 95.2 cm³/mol. The van der Waals surface area contributed by atoms with Crippen LogP contribution in [-0.4, -0.2) is 38.8 Å². The van der Waals surface area contributed by atoms with Gasteiger partial charge in [0.05, 0.1) is 12.8 Å². The first kappa shape index (κ1) is 17.9. The quantitative estimate of drug-likeness (QED) is 0.462. The van der Waals surface area contributed by atoms with Crippen molar-refractivity contribution < 1.29 is 19.0 Å². The summed E-state index contributed by atoms with van der Waals surface area (Å²) in [7, 11) is 0. The maximum absolute atomic E-state index is 13.5. The van der Waals surface area contributed by atoms with Gasteiger partial charge in [0.1, 0.15) is 12.3 Å². The molecule has 7 nitrogen and oxygen atoms in total. The summed E-state index contributed by atoms with van der Waals surface area (Å²) >= 11 is 5.63. The molecule has 3 aromatic rings. The van der Waals surface area contributed by atoms with Crippen molar-refractivity contribution in [3.63, 3.8) is 0 Å². The molecule has 2 N–H and O–H groups in total. The van der Waals surface area contributed by atoms with E-state index in [2.05, 4.69) is 15.3 Å². The Labute approximate surface area is 153 Å². The Hall–Kier alpha value is -2.87. The molecule has 0 saturated heterocycles. The number of nitrogens with zero attached hydrogens (tertiary/aromatic N) is 3. The lowest BCUT2D eigenvalue weighted by Crippen LogP contribution is -2.10. The van der Waals surface area contributed by atoms with Crippen molar-refractivity contribution >= 4 is 34.3 Å². The third kappa shape index (κ3) is 4.40. The van der Waals surface area contributed by atoms with E-state index in [0.717, 1.165) is 17.1 Å². The number of anilines is 1. The van der Waals surface area contributed by atoms with Gasteiger partial charge in [-0.2, -0.15) is 4.98 Å². The predicted octanol–water partition coefficient (Wildman–Crippen LogP) is 3.19. The average Bonchev–Trinajstić information content (AvgIpc) is 2.99. The zero-order valence-corrected chi connectivity index (χ0v) is 14.4. The van der Waals surface area contributed by atoms with E-state index in [9.17, 15) is 9.18 Å². The molecule has 2 heterocycles. The molecular formula is C17H16ClFN4O3. The second-order valence-electron chi connectivity index (χ2n) is 5.52. The Balaban J connectivity index is 1.50. The molecule has 2 aromatic heterocycles. The standard InChI is InChI=1S/C17H16ClFN4O3/c18-17-21-9-13(19)16(22-17)20-5-1-7-26-12-2-3-14-11(8-12)4-6-23(14)10-15(24)25/h2-4,6,8-9H,1,5,7,10H2,(H,24,25)(H,20,21,22). The van der Waals surface area contributed by atoms with Crippen LogP contribution in [0.25, 0.3) is 10.9 Å². The van der Waals surface area contributed by atoms with Gasteiger partial charge in [-0.15, -0.1) is 0 Å². The molecule has 0 unspecified atom stereocenters. The zero-order valence-electron chi connectivity index (χ0n) is 13.7. The van der Waals surface area contributed by atoms with E-state index in [1.807, 2.05) is 18.2 Å². The summed E-state index contributed by atoms with van der Waals surface area (Å²) in [6, 6.07) is 7.31. The molecule has 0 amide bonds. The topological polar surface area (TPSA) is 89.3 Å². The molecule has 0 atom stereocenters. The van der Waals surface area contributed by atoms with E-state index in [0.29, 0.717) is 25.3 Å². The minimum absolute atomic E-state index is 0.0201. The highest BCUT2D eigenvalue weighted by molar-refractivity contribution is 6.28. The zero-order chi connectivity index (χ0) is 18.5. The molecule has 3 rings (SSSR count). The fourth-order valence-corrected chi connectivity index (χ4v) is 2.62. The van der Waals surface area contributed by atoms with Crippen LogP contribution in [-0.2, 0) is 11.3 Å². The monoisotopic (exact) mass is 378 g/mol. The molecule has 0 aliphatic rings. The van der Waals surface area contributed by atoms with Gasteiger partial charge in [-0.3, -0.25) is 4.79 Å². The second kappa shape index (κ2) is 8.01. The van der Waals surface area contributed by atoms with Gasteiger partial charge < -0.3 is 19.7 Å². The SMILES string of the molecule is O=C(O)Cn1ccc2cc(OCCCNc3nc(Cl)ncc3F)ccc21. The maximum Gasteiger partial charge on any atom is 0.323 e. The number of aromatic nitrogens is 3. The lowest BCUT2D eigenvalue weighted by Gasteiger charge is -2.09. The largest absolute Gasteiger partial charge is 0.494 e. The molecule has 0 bridgehead atoms. The highest BCUT2D eigenvalue weighted by Crippen LogP contribution is 2.22. The molecule has 0 aliphatic carbocycles. The molecule has 0 spiro atoms. The molecule has 0 fully saturated rings. The summed E-state index contributed by atoms with van der Waals surface area (Å²) < 4.78 is 20.8. The number of halogens is 2. The summed E-state index contributed by atoms with van der Waals surface area (Å²) in [5, 5.41) is 12.6. The number of ether oxygens (including phenoxy) is 1. The van der Waals surface area contributed by atoms with Crippen LogP contribution in [0, 0.1) is 5.82 Å². The number of fused-ring (bicyclic) bond motifs is 1. The van der Waals surface area contributed by atoms with Crippen LogP contribution in [0.3, 0.4) is 0 Å². The second-order valence-corrected chi connectivity index (χ2v) is 5.86. The molecule has 0 radical (unpaired) electrons. The lowest BCUT2D eigenvalue weighted by atomic mass is 10.2. The summed E-state index contributed by atoms with van der Waals surface area (Å²) in [4.78, 5) is 18.1. The van der Waals surface area contributed by atoms with Crippen molar-refractivity contribution in [2.75, 3.05) is 18.5 Å². The van der Waals surface area contributed by atoms with Crippen molar-refractivity contribution in [3.05, 3.63) is 47.8 Å². The Kier molecular flexibility index (Phi) is 5.52. The number of hydrogen-bond donors (Lipinski definition) is 2. The fraction of sp³-hybridized carbons (Fsp3) is 0.235. The molecule has 1 aromatic carbocycles. The lowest BCUT2D eigenvalue weighted by molar-refractivity contribution is -0.137. The average molecular weight is 379 g/mol. The van der Waals surface area contributed by atoms with Gasteiger partial charge in [0.15, 0.2) is 11.6 Å². The van der Waals surface area contributed by atoms with Crippen LogP contribution in [0.1, 0.15) is 6.42 Å². The number of carboxylic acid groups (broad SMARTS) is 1. The first-order chi connectivity index (χ1) is 12.5.